The van der Waals surface area contributed by atoms with Crippen molar-refractivity contribution < 1.29 is 17.9 Å². The monoisotopic (exact) mass is 544 g/mol. The zero-order chi connectivity index (χ0) is 28.3. The van der Waals surface area contributed by atoms with Crippen LogP contribution in [0.3, 0.4) is 0 Å². The van der Waals surface area contributed by atoms with E-state index in [0.29, 0.717) is 43.2 Å². The average Bonchev–Trinajstić information content (AvgIpc) is 3.31. The maximum absolute atomic E-state index is 14.2. The average molecular weight is 545 g/mol. The lowest BCUT2D eigenvalue weighted by molar-refractivity contribution is -0.137. The first kappa shape index (κ1) is 28.4. The molecule has 1 aliphatic rings. The standard InChI is InChI=1S/C28H35F3N6O2/c1-6-21-25(33-22-16-36(17-23(22)39-8-3)24-11-9-10-14-32-24)27(38)37(7-2)26(34-21)19-13-12-18(35(4)5)15-20(19)28(29,30)31/h9-15,22-23,33H,6-8,16-17H2,1-5H3/t22-,23+/m1/s1. The normalized spacial score (nSPS) is 17.5. The molecule has 0 saturated carbocycles. The Hall–Kier alpha value is -3.60. The predicted molar refractivity (Wildman–Crippen MR) is 148 cm³/mol. The van der Waals surface area contributed by atoms with E-state index in [9.17, 15) is 18.0 Å². The van der Waals surface area contributed by atoms with Crippen LogP contribution in [0, 0.1) is 0 Å². The highest BCUT2D eigenvalue weighted by molar-refractivity contribution is 5.68. The second kappa shape index (κ2) is 11.6. The molecule has 3 aromatic rings. The van der Waals surface area contributed by atoms with Crippen LogP contribution >= 0.6 is 0 Å². The predicted octanol–water partition coefficient (Wildman–Crippen LogP) is 4.68. The fraction of sp³-hybridized carbons (Fsp3) is 0.464. The molecule has 0 unspecified atom stereocenters. The topological polar surface area (TPSA) is 75.5 Å². The first-order valence-corrected chi connectivity index (χ1v) is 13.2. The lowest BCUT2D eigenvalue weighted by Crippen LogP contribution is -2.38. The number of aryl methyl sites for hydroxylation is 1. The van der Waals surface area contributed by atoms with Gasteiger partial charge in [-0.1, -0.05) is 13.0 Å². The maximum atomic E-state index is 14.2. The zero-order valence-corrected chi connectivity index (χ0v) is 22.9. The molecule has 0 bridgehead atoms. The van der Waals surface area contributed by atoms with Crippen LogP contribution in [0.15, 0.2) is 47.4 Å². The summed E-state index contributed by atoms with van der Waals surface area (Å²) in [7, 11) is 3.36. The molecule has 39 heavy (non-hydrogen) atoms. The number of ether oxygens (including phenoxy) is 1. The Morgan fingerprint density at radius 1 is 1.13 bits per heavy atom. The van der Waals surface area contributed by atoms with Gasteiger partial charge in [-0.25, -0.2) is 9.97 Å². The highest BCUT2D eigenvalue weighted by Crippen LogP contribution is 2.39. The highest BCUT2D eigenvalue weighted by atomic mass is 19.4. The molecule has 2 atom stereocenters. The number of nitrogens with zero attached hydrogens (tertiary/aromatic N) is 5. The molecule has 8 nitrogen and oxygen atoms in total. The summed E-state index contributed by atoms with van der Waals surface area (Å²) in [6, 6.07) is 9.53. The molecular weight excluding hydrogens is 509 g/mol. The van der Waals surface area contributed by atoms with Gasteiger partial charge < -0.3 is 19.9 Å². The summed E-state index contributed by atoms with van der Waals surface area (Å²) in [6.07, 6.45) is -2.75. The van der Waals surface area contributed by atoms with Gasteiger partial charge in [0.1, 0.15) is 17.3 Å². The Balaban J connectivity index is 1.78. The van der Waals surface area contributed by atoms with E-state index < -0.39 is 17.3 Å². The summed E-state index contributed by atoms with van der Waals surface area (Å²) in [5, 5.41) is 3.37. The minimum Gasteiger partial charge on any atom is -0.378 e. The minimum atomic E-state index is -4.62. The first-order valence-electron chi connectivity index (χ1n) is 13.2. The number of pyridine rings is 1. The molecule has 11 heteroatoms. The van der Waals surface area contributed by atoms with Gasteiger partial charge in [0.05, 0.1) is 23.4 Å². The summed E-state index contributed by atoms with van der Waals surface area (Å²) >= 11 is 0. The van der Waals surface area contributed by atoms with Crippen molar-refractivity contribution in [3.05, 3.63) is 64.2 Å². The van der Waals surface area contributed by atoms with E-state index in [1.54, 1.807) is 38.2 Å². The van der Waals surface area contributed by atoms with Gasteiger partial charge in [0, 0.05) is 57.8 Å². The number of aromatic nitrogens is 3. The van der Waals surface area contributed by atoms with Crippen molar-refractivity contribution in [1.29, 1.82) is 0 Å². The van der Waals surface area contributed by atoms with Crippen LogP contribution in [0.4, 0.5) is 30.4 Å². The fourth-order valence-electron chi connectivity index (χ4n) is 4.95. The number of hydrogen-bond donors (Lipinski definition) is 1. The van der Waals surface area contributed by atoms with E-state index in [4.69, 9.17) is 4.74 Å². The molecule has 1 aliphatic heterocycles. The third-order valence-electron chi connectivity index (χ3n) is 6.91. The van der Waals surface area contributed by atoms with Crippen LogP contribution in [0.1, 0.15) is 32.0 Å². The molecule has 1 fully saturated rings. The van der Waals surface area contributed by atoms with Gasteiger partial charge in [-0.3, -0.25) is 9.36 Å². The summed E-state index contributed by atoms with van der Waals surface area (Å²) < 4.78 is 49.8. The van der Waals surface area contributed by atoms with E-state index in [2.05, 4.69) is 20.2 Å². The van der Waals surface area contributed by atoms with Gasteiger partial charge in [-0.15, -0.1) is 0 Å². The lowest BCUT2D eigenvalue weighted by atomic mass is 10.0. The SMILES string of the molecule is CCO[C@H]1CN(c2ccccn2)C[C@H]1Nc1c(CC)nc(-c2ccc(N(C)C)cc2C(F)(F)F)n(CC)c1=O. The number of rotatable bonds is 9. The fourth-order valence-corrected chi connectivity index (χ4v) is 4.95. The second-order valence-corrected chi connectivity index (χ2v) is 9.62. The minimum absolute atomic E-state index is 0.00502. The van der Waals surface area contributed by atoms with Gasteiger partial charge in [0.15, 0.2) is 0 Å². The molecule has 210 valence electrons. The summed E-state index contributed by atoms with van der Waals surface area (Å²) in [5.74, 6) is 0.813. The number of benzene rings is 1. The van der Waals surface area contributed by atoms with Gasteiger partial charge in [0.2, 0.25) is 0 Å². The lowest BCUT2D eigenvalue weighted by Gasteiger charge is -2.24. The van der Waals surface area contributed by atoms with Crippen molar-refractivity contribution in [3.8, 4) is 11.4 Å². The van der Waals surface area contributed by atoms with E-state index in [-0.39, 0.29) is 30.1 Å². The van der Waals surface area contributed by atoms with Crippen LogP contribution in [0.25, 0.3) is 11.4 Å². The number of anilines is 3. The molecule has 0 amide bonds. The Bertz CT molecular complexity index is 1340. The van der Waals surface area contributed by atoms with Crippen LogP contribution in [-0.4, -0.2) is 60.5 Å². The second-order valence-electron chi connectivity index (χ2n) is 9.62. The molecule has 1 saturated heterocycles. The van der Waals surface area contributed by atoms with Gasteiger partial charge in [-0.05, 0) is 50.6 Å². The van der Waals surface area contributed by atoms with Crippen LogP contribution in [0.5, 0.6) is 0 Å². The molecule has 3 heterocycles. The van der Waals surface area contributed by atoms with Crippen molar-refractivity contribution in [2.45, 2.75) is 52.1 Å². The van der Waals surface area contributed by atoms with Crippen molar-refractivity contribution >= 4 is 17.2 Å². The van der Waals surface area contributed by atoms with Crippen LogP contribution in [-0.2, 0) is 23.9 Å². The maximum Gasteiger partial charge on any atom is 0.417 e. The van der Waals surface area contributed by atoms with Crippen LogP contribution in [0.2, 0.25) is 0 Å². The highest BCUT2D eigenvalue weighted by Gasteiger charge is 2.37. The Labute approximate surface area is 226 Å². The molecule has 0 aliphatic carbocycles. The number of hydrogen-bond acceptors (Lipinski definition) is 7. The van der Waals surface area contributed by atoms with E-state index >= 15 is 0 Å². The first-order chi connectivity index (χ1) is 18.6. The molecule has 2 aromatic heterocycles. The van der Waals surface area contributed by atoms with Crippen molar-refractivity contribution in [3.63, 3.8) is 0 Å². The molecule has 1 aromatic carbocycles. The van der Waals surface area contributed by atoms with Crippen LogP contribution < -0.4 is 20.7 Å². The smallest absolute Gasteiger partial charge is 0.378 e. The van der Waals surface area contributed by atoms with Crippen molar-refractivity contribution in [1.82, 2.24) is 14.5 Å². The molecule has 4 rings (SSSR count). The quantitative estimate of drug-likeness (QED) is 0.419. The summed E-state index contributed by atoms with van der Waals surface area (Å²) in [6.45, 7) is 7.27. The largest absolute Gasteiger partial charge is 0.417 e. The van der Waals surface area contributed by atoms with E-state index in [0.717, 1.165) is 11.9 Å². The molecule has 0 radical (unpaired) electrons. The molecular formula is C28H35F3N6O2. The van der Waals surface area contributed by atoms with Gasteiger partial charge in [-0.2, -0.15) is 13.2 Å². The number of alkyl halides is 3. The zero-order valence-electron chi connectivity index (χ0n) is 22.9. The third-order valence-corrected chi connectivity index (χ3v) is 6.91. The van der Waals surface area contributed by atoms with Gasteiger partial charge >= 0.3 is 6.18 Å². The number of nitrogens with one attached hydrogen (secondary N) is 1. The van der Waals surface area contributed by atoms with Gasteiger partial charge in [0.25, 0.3) is 5.56 Å². The van der Waals surface area contributed by atoms with Crippen molar-refractivity contribution in [2.75, 3.05) is 48.9 Å². The Kier molecular flexibility index (Phi) is 8.48. The summed E-state index contributed by atoms with van der Waals surface area (Å²) in [5.41, 5.74) is -0.247. The summed E-state index contributed by atoms with van der Waals surface area (Å²) in [4.78, 5) is 26.6. The van der Waals surface area contributed by atoms with Crippen molar-refractivity contribution in [2.24, 2.45) is 0 Å². The molecule has 1 N–H and O–H groups in total. The number of halogens is 3. The van der Waals surface area contributed by atoms with E-state index in [1.807, 2.05) is 32.0 Å². The molecule has 0 spiro atoms. The Morgan fingerprint density at radius 2 is 1.90 bits per heavy atom. The Morgan fingerprint density at radius 3 is 2.49 bits per heavy atom. The third kappa shape index (κ3) is 5.88. The van der Waals surface area contributed by atoms with E-state index in [1.165, 1.54) is 10.6 Å².